The lowest BCUT2D eigenvalue weighted by molar-refractivity contribution is -0.0237. The van der Waals surface area contributed by atoms with E-state index in [1.165, 1.54) is 12.8 Å². The third kappa shape index (κ3) is 3.23. The molecule has 0 aromatic carbocycles. The molecule has 1 atom stereocenters. The Morgan fingerprint density at radius 2 is 2.00 bits per heavy atom. The Balaban J connectivity index is 2.45. The highest BCUT2D eigenvalue weighted by molar-refractivity contribution is 4.89. The molecule has 0 radical (unpaired) electrons. The van der Waals surface area contributed by atoms with E-state index in [0.717, 1.165) is 0 Å². The van der Waals surface area contributed by atoms with E-state index >= 15 is 0 Å². The van der Waals surface area contributed by atoms with Crippen LogP contribution in [0.1, 0.15) is 33.6 Å². The number of aliphatic hydroxyl groups is 2. The third-order valence-corrected chi connectivity index (χ3v) is 3.22. The number of aliphatic hydroxyl groups excluding tert-OH is 1. The largest absolute Gasteiger partial charge is 0.395 e. The van der Waals surface area contributed by atoms with Gasteiger partial charge in [0.1, 0.15) is 0 Å². The zero-order valence-electron chi connectivity index (χ0n) is 9.53. The maximum Gasteiger partial charge on any atom is 0.0768 e. The molecule has 14 heavy (non-hydrogen) atoms. The fourth-order valence-corrected chi connectivity index (χ4v) is 1.55. The number of nitrogens with zero attached hydrogens (tertiary/aromatic N) is 1. The van der Waals surface area contributed by atoms with Crippen LogP contribution in [0, 0.1) is 5.92 Å². The highest BCUT2D eigenvalue weighted by Gasteiger charge is 2.34. The number of hydrogen-bond acceptors (Lipinski definition) is 3. The summed E-state index contributed by atoms with van der Waals surface area (Å²) in [5, 5.41) is 19.1. The van der Waals surface area contributed by atoms with Gasteiger partial charge in [-0.05, 0) is 25.7 Å². The van der Waals surface area contributed by atoms with Gasteiger partial charge in [0.05, 0.1) is 12.2 Å². The van der Waals surface area contributed by atoms with Gasteiger partial charge in [-0.1, -0.05) is 13.8 Å². The molecule has 1 saturated carbocycles. The predicted molar refractivity (Wildman–Crippen MR) is 57.1 cm³/mol. The van der Waals surface area contributed by atoms with Crippen LogP contribution in [0.25, 0.3) is 0 Å². The van der Waals surface area contributed by atoms with E-state index in [1.54, 1.807) is 0 Å². The van der Waals surface area contributed by atoms with E-state index in [4.69, 9.17) is 5.11 Å². The third-order valence-electron chi connectivity index (χ3n) is 3.22. The van der Waals surface area contributed by atoms with E-state index in [9.17, 15) is 5.11 Å². The molecular formula is C11H23NO2. The van der Waals surface area contributed by atoms with Crippen LogP contribution in [0.15, 0.2) is 0 Å². The van der Waals surface area contributed by atoms with Gasteiger partial charge in [0.15, 0.2) is 0 Å². The first-order chi connectivity index (χ1) is 6.47. The summed E-state index contributed by atoms with van der Waals surface area (Å²) < 4.78 is 0. The van der Waals surface area contributed by atoms with Crippen molar-refractivity contribution in [1.29, 1.82) is 0 Å². The topological polar surface area (TPSA) is 43.7 Å². The molecule has 84 valence electrons. The molecule has 0 aliphatic heterocycles. The Bertz CT molecular complexity index is 176. The molecule has 0 saturated heterocycles. The predicted octanol–water partition coefficient (Wildman–Crippen LogP) is 0.850. The quantitative estimate of drug-likeness (QED) is 0.669. The maximum atomic E-state index is 10.1. The smallest absolute Gasteiger partial charge is 0.0768 e. The van der Waals surface area contributed by atoms with Crippen molar-refractivity contribution in [3.63, 3.8) is 0 Å². The van der Waals surface area contributed by atoms with Gasteiger partial charge in [-0.2, -0.15) is 0 Å². The van der Waals surface area contributed by atoms with E-state index in [1.807, 2.05) is 20.8 Å². The fraction of sp³-hybridized carbons (Fsp3) is 1.00. The zero-order valence-corrected chi connectivity index (χ0v) is 9.53. The minimum absolute atomic E-state index is 0.185. The van der Waals surface area contributed by atoms with Crippen LogP contribution in [0.2, 0.25) is 0 Å². The monoisotopic (exact) mass is 201 g/mol. The maximum absolute atomic E-state index is 10.1. The second-order valence-electron chi connectivity index (χ2n) is 4.94. The zero-order chi connectivity index (χ0) is 10.8. The van der Waals surface area contributed by atoms with E-state index < -0.39 is 5.60 Å². The molecule has 1 aliphatic rings. The first-order valence-corrected chi connectivity index (χ1v) is 5.54. The Morgan fingerprint density at radius 1 is 1.43 bits per heavy atom. The van der Waals surface area contributed by atoms with Gasteiger partial charge in [-0.3, -0.25) is 4.90 Å². The lowest BCUT2D eigenvalue weighted by atomic mass is 9.92. The first-order valence-electron chi connectivity index (χ1n) is 5.54. The van der Waals surface area contributed by atoms with E-state index in [0.29, 0.717) is 19.1 Å². The fourth-order valence-electron chi connectivity index (χ4n) is 1.55. The first kappa shape index (κ1) is 12.0. The molecule has 1 fully saturated rings. The summed E-state index contributed by atoms with van der Waals surface area (Å²) in [5.41, 5.74) is -0.641. The average Bonchev–Trinajstić information content (AvgIpc) is 2.85. The van der Waals surface area contributed by atoms with Crippen LogP contribution >= 0.6 is 0 Å². The normalized spacial score (nSPS) is 21.6. The lowest BCUT2D eigenvalue weighted by Crippen LogP contribution is -2.46. The van der Waals surface area contributed by atoms with E-state index in [2.05, 4.69) is 4.90 Å². The van der Waals surface area contributed by atoms with Crippen LogP contribution in [-0.4, -0.2) is 46.5 Å². The molecule has 2 N–H and O–H groups in total. The molecule has 0 bridgehead atoms. The van der Waals surface area contributed by atoms with Gasteiger partial charge in [0, 0.05) is 19.1 Å². The molecule has 0 aromatic heterocycles. The van der Waals surface area contributed by atoms with Crippen molar-refractivity contribution >= 4 is 0 Å². The molecule has 1 rings (SSSR count). The van der Waals surface area contributed by atoms with Gasteiger partial charge >= 0.3 is 0 Å². The van der Waals surface area contributed by atoms with Gasteiger partial charge in [0.2, 0.25) is 0 Å². The number of hydrogen-bond donors (Lipinski definition) is 2. The molecule has 0 heterocycles. The lowest BCUT2D eigenvalue weighted by Gasteiger charge is -2.34. The highest BCUT2D eigenvalue weighted by Crippen LogP contribution is 2.29. The summed E-state index contributed by atoms with van der Waals surface area (Å²) in [7, 11) is 0. The van der Waals surface area contributed by atoms with Crippen molar-refractivity contribution in [2.75, 3.05) is 19.7 Å². The number of rotatable bonds is 6. The van der Waals surface area contributed by atoms with Crippen LogP contribution < -0.4 is 0 Å². The highest BCUT2D eigenvalue weighted by atomic mass is 16.3. The van der Waals surface area contributed by atoms with Crippen molar-refractivity contribution in [1.82, 2.24) is 4.90 Å². The Morgan fingerprint density at radius 3 is 2.36 bits per heavy atom. The summed E-state index contributed by atoms with van der Waals surface area (Å²) in [6.07, 6.45) is 2.43. The summed E-state index contributed by atoms with van der Waals surface area (Å²) >= 11 is 0. The molecule has 0 spiro atoms. The van der Waals surface area contributed by atoms with Crippen molar-refractivity contribution < 1.29 is 10.2 Å². The van der Waals surface area contributed by atoms with Crippen molar-refractivity contribution in [2.45, 2.75) is 45.3 Å². The second-order valence-corrected chi connectivity index (χ2v) is 4.94. The average molecular weight is 201 g/mol. The molecule has 0 amide bonds. The Hall–Kier alpha value is -0.120. The van der Waals surface area contributed by atoms with Crippen LogP contribution in [-0.2, 0) is 0 Å². The SMILES string of the molecule is CC(C)C(C)(O)CN(CCO)C1CC1. The summed E-state index contributed by atoms with van der Waals surface area (Å²) in [5.74, 6) is 0.252. The van der Waals surface area contributed by atoms with Crippen molar-refractivity contribution in [3.05, 3.63) is 0 Å². The van der Waals surface area contributed by atoms with Crippen molar-refractivity contribution in [3.8, 4) is 0 Å². The van der Waals surface area contributed by atoms with Crippen LogP contribution in [0.5, 0.6) is 0 Å². The van der Waals surface area contributed by atoms with Crippen molar-refractivity contribution in [2.24, 2.45) is 5.92 Å². The summed E-state index contributed by atoms with van der Waals surface area (Å²) in [6, 6.07) is 0.604. The molecule has 3 nitrogen and oxygen atoms in total. The minimum atomic E-state index is -0.641. The Labute approximate surface area is 86.7 Å². The Kier molecular flexibility index (Phi) is 3.93. The van der Waals surface area contributed by atoms with Gasteiger partial charge < -0.3 is 10.2 Å². The standard InChI is InChI=1S/C11H23NO2/c1-9(2)11(3,14)8-12(6-7-13)10-4-5-10/h9-10,13-14H,4-8H2,1-3H3. The molecular weight excluding hydrogens is 178 g/mol. The minimum Gasteiger partial charge on any atom is -0.395 e. The molecule has 1 aliphatic carbocycles. The van der Waals surface area contributed by atoms with Crippen LogP contribution in [0.3, 0.4) is 0 Å². The molecule has 3 heteroatoms. The van der Waals surface area contributed by atoms with E-state index in [-0.39, 0.29) is 12.5 Å². The molecule has 1 unspecified atom stereocenters. The van der Waals surface area contributed by atoms with Gasteiger partial charge in [-0.25, -0.2) is 0 Å². The second kappa shape index (κ2) is 4.60. The summed E-state index contributed by atoms with van der Waals surface area (Å²) in [6.45, 7) is 7.49. The van der Waals surface area contributed by atoms with Gasteiger partial charge in [0.25, 0.3) is 0 Å². The molecule has 0 aromatic rings. The van der Waals surface area contributed by atoms with Gasteiger partial charge in [-0.15, -0.1) is 0 Å². The van der Waals surface area contributed by atoms with Crippen LogP contribution in [0.4, 0.5) is 0 Å². The summed E-state index contributed by atoms with van der Waals surface area (Å²) in [4.78, 5) is 2.21.